The SMILES string of the molecule is CCNC(=O)C(Cc1ccccc1)N(Cc1ccccc1F)C(=O)CN(c1ccccc1CC)S(C)(=O)=O. The molecule has 0 aromatic heterocycles. The van der Waals surface area contributed by atoms with Gasteiger partial charge in [-0.1, -0.05) is 73.7 Å². The van der Waals surface area contributed by atoms with Crippen LogP contribution in [0.3, 0.4) is 0 Å². The average molecular weight is 540 g/mol. The van der Waals surface area contributed by atoms with Crippen molar-refractivity contribution in [2.24, 2.45) is 0 Å². The molecule has 1 atom stereocenters. The zero-order chi connectivity index (χ0) is 27.7. The second-order valence-electron chi connectivity index (χ2n) is 8.97. The van der Waals surface area contributed by atoms with Crippen LogP contribution in [0.25, 0.3) is 0 Å². The van der Waals surface area contributed by atoms with Crippen molar-refractivity contribution in [2.75, 3.05) is 23.7 Å². The van der Waals surface area contributed by atoms with Gasteiger partial charge >= 0.3 is 0 Å². The topological polar surface area (TPSA) is 86.8 Å². The van der Waals surface area contributed by atoms with Gasteiger partial charge in [-0.25, -0.2) is 12.8 Å². The largest absolute Gasteiger partial charge is 0.355 e. The van der Waals surface area contributed by atoms with Gasteiger partial charge in [0.25, 0.3) is 0 Å². The van der Waals surface area contributed by atoms with Crippen LogP contribution in [0.2, 0.25) is 0 Å². The third-order valence-corrected chi connectivity index (χ3v) is 7.37. The van der Waals surface area contributed by atoms with Crippen molar-refractivity contribution < 1.29 is 22.4 Å². The van der Waals surface area contributed by atoms with Crippen LogP contribution in [0.5, 0.6) is 0 Å². The van der Waals surface area contributed by atoms with Gasteiger partial charge in [0.15, 0.2) is 0 Å². The monoisotopic (exact) mass is 539 g/mol. The Bertz CT molecular complexity index is 1350. The summed E-state index contributed by atoms with van der Waals surface area (Å²) in [5, 5.41) is 2.78. The van der Waals surface area contributed by atoms with Gasteiger partial charge in [-0.15, -0.1) is 0 Å². The summed E-state index contributed by atoms with van der Waals surface area (Å²) in [5.41, 5.74) is 2.19. The highest BCUT2D eigenvalue weighted by Crippen LogP contribution is 2.25. The first-order valence-electron chi connectivity index (χ1n) is 12.6. The Hall–Kier alpha value is -3.72. The smallest absolute Gasteiger partial charge is 0.244 e. The van der Waals surface area contributed by atoms with Gasteiger partial charge in [-0.3, -0.25) is 13.9 Å². The number of likely N-dealkylation sites (N-methyl/N-ethyl adjacent to an activating group) is 1. The van der Waals surface area contributed by atoms with Crippen molar-refractivity contribution in [1.29, 1.82) is 0 Å². The number of carbonyl (C=O) groups is 2. The normalized spacial score (nSPS) is 12.0. The van der Waals surface area contributed by atoms with E-state index in [0.717, 1.165) is 21.7 Å². The number of carbonyl (C=O) groups excluding carboxylic acids is 2. The number of nitrogens with zero attached hydrogens (tertiary/aromatic N) is 2. The van der Waals surface area contributed by atoms with Crippen molar-refractivity contribution in [3.05, 3.63) is 101 Å². The number of nitrogens with one attached hydrogen (secondary N) is 1. The highest BCUT2D eigenvalue weighted by atomic mass is 32.2. The van der Waals surface area contributed by atoms with E-state index in [-0.39, 0.29) is 18.5 Å². The molecule has 3 rings (SSSR count). The molecule has 0 saturated carbocycles. The van der Waals surface area contributed by atoms with E-state index >= 15 is 0 Å². The zero-order valence-electron chi connectivity index (χ0n) is 21.9. The van der Waals surface area contributed by atoms with Gasteiger partial charge in [0.1, 0.15) is 18.4 Å². The number of hydrogen-bond donors (Lipinski definition) is 1. The Morgan fingerprint density at radius 1 is 0.895 bits per heavy atom. The highest BCUT2D eigenvalue weighted by Gasteiger charge is 2.33. The van der Waals surface area contributed by atoms with E-state index in [1.54, 1.807) is 43.3 Å². The van der Waals surface area contributed by atoms with E-state index < -0.39 is 40.2 Å². The summed E-state index contributed by atoms with van der Waals surface area (Å²) < 4.78 is 41.5. The fourth-order valence-corrected chi connectivity index (χ4v) is 5.18. The zero-order valence-corrected chi connectivity index (χ0v) is 22.7. The number of sulfonamides is 1. The minimum absolute atomic E-state index is 0.178. The van der Waals surface area contributed by atoms with Gasteiger partial charge in [-0.2, -0.15) is 0 Å². The van der Waals surface area contributed by atoms with Gasteiger partial charge in [0.05, 0.1) is 11.9 Å². The fraction of sp³-hybridized carbons (Fsp3) is 0.310. The predicted octanol–water partition coefficient (Wildman–Crippen LogP) is 3.93. The van der Waals surface area contributed by atoms with E-state index in [4.69, 9.17) is 0 Å². The summed E-state index contributed by atoms with van der Waals surface area (Å²) >= 11 is 0. The lowest BCUT2D eigenvalue weighted by atomic mass is 10.0. The standard InChI is InChI=1S/C29H34FN3O4S/c1-4-23-15-10-12-18-26(23)33(38(3,36)37)21-28(34)32(20-24-16-9-11-17-25(24)30)27(29(35)31-5-2)19-22-13-7-6-8-14-22/h6-18,27H,4-5,19-21H2,1-3H3,(H,31,35). The molecule has 1 N–H and O–H groups in total. The van der Waals surface area contributed by atoms with Gasteiger partial charge in [0, 0.05) is 25.1 Å². The van der Waals surface area contributed by atoms with Crippen molar-refractivity contribution in [3.8, 4) is 0 Å². The van der Waals surface area contributed by atoms with Crippen molar-refractivity contribution >= 4 is 27.5 Å². The molecule has 0 aliphatic heterocycles. The summed E-state index contributed by atoms with van der Waals surface area (Å²) in [7, 11) is -3.86. The number of halogens is 1. The first kappa shape index (κ1) is 28.8. The Kier molecular flexibility index (Phi) is 10.0. The number of amides is 2. The molecule has 38 heavy (non-hydrogen) atoms. The summed E-state index contributed by atoms with van der Waals surface area (Å²) in [6, 6.07) is 21.2. The number of hydrogen-bond acceptors (Lipinski definition) is 4. The number of rotatable bonds is 12. The van der Waals surface area contributed by atoms with Crippen LogP contribution in [0.1, 0.15) is 30.5 Å². The molecule has 0 fully saturated rings. The van der Waals surface area contributed by atoms with Gasteiger partial charge in [0.2, 0.25) is 21.8 Å². The molecule has 0 aliphatic carbocycles. The summed E-state index contributed by atoms with van der Waals surface area (Å²) in [4.78, 5) is 28.5. The maximum atomic E-state index is 14.7. The van der Waals surface area contributed by atoms with Crippen molar-refractivity contribution in [2.45, 2.75) is 39.3 Å². The number of anilines is 1. The Morgan fingerprint density at radius 3 is 2.11 bits per heavy atom. The number of para-hydroxylation sites is 1. The molecule has 9 heteroatoms. The third-order valence-electron chi connectivity index (χ3n) is 6.24. The lowest BCUT2D eigenvalue weighted by Gasteiger charge is -2.34. The molecule has 0 bridgehead atoms. The molecule has 202 valence electrons. The predicted molar refractivity (Wildman–Crippen MR) is 148 cm³/mol. The van der Waals surface area contributed by atoms with Crippen LogP contribution >= 0.6 is 0 Å². The lowest BCUT2D eigenvalue weighted by Crippen LogP contribution is -2.53. The molecule has 7 nitrogen and oxygen atoms in total. The molecule has 3 aromatic rings. The van der Waals surface area contributed by atoms with Crippen LogP contribution in [0.15, 0.2) is 78.9 Å². The van der Waals surface area contributed by atoms with Crippen LogP contribution in [-0.4, -0.2) is 50.5 Å². The minimum Gasteiger partial charge on any atom is -0.355 e. The highest BCUT2D eigenvalue weighted by molar-refractivity contribution is 7.92. The molecule has 0 heterocycles. The average Bonchev–Trinajstić information content (AvgIpc) is 2.90. The van der Waals surface area contributed by atoms with E-state index in [9.17, 15) is 22.4 Å². The van der Waals surface area contributed by atoms with E-state index in [1.165, 1.54) is 11.0 Å². The second-order valence-corrected chi connectivity index (χ2v) is 10.9. The molecule has 0 saturated heterocycles. The summed E-state index contributed by atoms with van der Waals surface area (Å²) in [6.45, 7) is 3.28. The fourth-order valence-electron chi connectivity index (χ4n) is 4.30. The van der Waals surface area contributed by atoms with Crippen LogP contribution in [0, 0.1) is 5.82 Å². The maximum absolute atomic E-state index is 14.7. The lowest BCUT2D eigenvalue weighted by molar-refractivity contribution is -0.140. The van der Waals surface area contributed by atoms with Crippen molar-refractivity contribution in [1.82, 2.24) is 10.2 Å². The van der Waals surface area contributed by atoms with Crippen LogP contribution in [0.4, 0.5) is 10.1 Å². The van der Waals surface area contributed by atoms with E-state index in [0.29, 0.717) is 18.7 Å². The number of aryl methyl sites for hydroxylation is 1. The first-order chi connectivity index (χ1) is 18.2. The Balaban J connectivity index is 2.07. The molecular formula is C29H34FN3O4S. The van der Waals surface area contributed by atoms with Gasteiger partial charge < -0.3 is 10.2 Å². The maximum Gasteiger partial charge on any atom is 0.244 e. The Morgan fingerprint density at radius 2 is 1.50 bits per heavy atom. The van der Waals surface area contributed by atoms with Crippen molar-refractivity contribution in [3.63, 3.8) is 0 Å². The van der Waals surface area contributed by atoms with Gasteiger partial charge in [-0.05, 0) is 36.6 Å². The number of benzene rings is 3. The molecule has 0 spiro atoms. The summed E-state index contributed by atoms with van der Waals surface area (Å²) in [6.07, 6.45) is 1.78. The Labute approximate surface area is 224 Å². The molecule has 0 aliphatic rings. The molecule has 3 aromatic carbocycles. The molecule has 0 radical (unpaired) electrons. The minimum atomic E-state index is -3.86. The summed E-state index contributed by atoms with van der Waals surface area (Å²) in [5.74, 6) is -1.53. The van der Waals surface area contributed by atoms with E-state index in [2.05, 4.69) is 5.32 Å². The molecule has 1 unspecified atom stereocenters. The van der Waals surface area contributed by atoms with Crippen LogP contribution < -0.4 is 9.62 Å². The molecule has 2 amide bonds. The quantitative estimate of drug-likeness (QED) is 0.378. The first-order valence-corrected chi connectivity index (χ1v) is 14.4. The van der Waals surface area contributed by atoms with E-state index in [1.807, 2.05) is 43.3 Å². The third kappa shape index (κ3) is 7.41. The second kappa shape index (κ2) is 13.2. The molecular weight excluding hydrogens is 505 g/mol. The van der Waals surface area contributed by atoms with Crippen LogP contribution in [-0.2, 0) is 39.0 Å².